The first-order valence-corrected chi connectivity index (χ1v) is 8.06. The van der Waals surface area contributed by atoms with Gasteiger partial charge in [-0.3, -0.25) is 4.79 Å². The van der Waals surface area contributed by atoms with E-state index in [2.05, 4.69) is 37.9 Å². The summed E-state index contributed by atoms with van der Waals surface area (Å²) >= 11 is 0. The fourth-order valence-corrected chi connectivity index (χ4v) is 3.31. The number of nitrogens with zero attached hydrogens (tertiary/aromatic N) is 1. The molecule has 1 aliphatic rings. The molecule has 0 spiro atoms. The van der Waals surface area contributed by atoms with Gasteiger partial charge in [0.2, 0.25) is 5.91 Å². The molecule has 3 unspecified atom stereocenters. The predicted molar refractivity (Wildman–Crippen MR) is 84.5 cm³/mol. The minimum Gasteiger partial charge on any atom is -0.368 e. The molecule has 118 valence electrons. The Balaban J connectivity index is 2.65. The van der Waals surface area contributed by atoms with Gasteiger partial charge in [0.15, 0.2) is 0 Å². The van der Waals surface area contributed by atoms with Crippen LogP contribution in [-0.4, -0.2) is 41.5 Å². The van der Waals surface area contributed by atoms with E-state index in [1.165, 1.54) is 19.3 Å². The molecule has 0 bridgehead atoms. The Hall–Kier alpha value is -0.610. The third kappa shape index (κ3) is 5.06. The number of carbonyl (C=O) groups is 1. The highest BCUT2D eigenvalue weighted by Gasteiger charge is 2.34. The molecule has 0 aromatic heterocycles. The monoisotopic (exact) mass is 283 g/mol. The molecule has 1 fully saturated rings. The molecule has 3 atom stereocenters. The molecule has 20 heavy (non-hydrogen) atoms. The molecule has 1 rings (SSSR count). The van der Waals surface area contributed by atoms with E-state index in [1.54, 1.807) is 0 Å². The summed E-state index contributed by atoms with van der Waals surface area (Å²) in [5.41, 5.74) is 5.01. The van der Waals surface area contributed by atoms with E-state index < -0.39 is 5.54 Å². The van der Waals surface area contributed by atoms with Gasteiger partial charge in [0.25, 0.3) is 0 Å². The summed E-state index contributed by atoms with van der Waals surface area (Å²) in [5, 5.41) is 3.35. The number of nitrogens with two attached hydrogens (primary N) is 1. The largest absolute Gasteiger partial charge is 0.368 e. The van der Waals surface area contributed by atoms with Gasteiger partial charge in [-0.25, -0.2) is 0 Å². The first-order chi connectivity index (χ1) is 9.24. The van der Waals surface area contributed by atoms with Crippen molar-refractivity contribution >= 4 is 5.91 Å². The third-order valence-corrected chi connectivity index (χ3v) is 4.53. The minimum atomic E-state index is -0.620. The second-order valence-electron chi connectivity index (χ2n) is 7.12. The maximum absolute atomic E-state index is 11.8. The molecule has 1 aliphatic heterocycles. The second-order valence-corrected chi connectivity index (χ2v) is 7.12. The Morgan fingerprint density at radius 2 is 2.00 bits per heavy atom. The second kappa shape index (κ2) is 7.41. The molecule has 0 aliphatic carbocycles. The van der Waals surface area contributed by atoms with E-state index in [4.69, 9.17) is 5.73 Å². The summed E-state index contributed by atoms with van der Waals surface area (Å²) in [6, 6.07) is 0.632. The van der Waals surface area contributed by atoms with Crippen molar-refractivity contribution in [3.05, 3.63) is 0 Å². The van der Waals surface area contributed by atoms with Crippen LogP contribution in [0.25, 0.3) is 0 Å². The average Bonchev–Trinajstić information content (AvgIpc) is 2.52. The first-order valence-electron chi connectivity index (χ1n) is 8.06. The SMILES string of the molecule is CC1CCCN(C(C)CC(C)(NC(C)C)C(N)=O)CC1. The van der Waals surface area contributed by atoms with Crippen LogP contribution in [0.15, 0.2) is 0 Å². The van der Waals surface area contributed by atoms with Gasteiger partial charge in [-0.1, -0.05) is 6.92 Å². The van der Waals surface area contributed by atoms with Crippen LogP contribution in [0.2, 0.25) is 0 Å². The lowest BCUT2D eigenvalue weighted by Crippen LogP contribution is -2.58. The summed E-state index contributed by atoms with van der Waals surface area (Å²) in [5.74, 6) is 0.574. The van der Waals surface area contributed by atoms with E-state index in [9.17, 15) is 4.79 Å². The molecule has 1 heterocycles. The van der Waals surface area contributed by atoms with Crippen molar-refractivity contribution < 1.29 is 4.79 Å². The normalized spacial score (nSPS) is 26.0. The van der Waals surface area contributed by atoms with E-state index in [1.807, 2.05) is 6.92 Å². The fraction of sp³-hybridized carbons (Fsp3) is 0.938. The van der Waals surface area contributed by atoms with Crippen LogP contribution in [0.5, 0.6) is 0 Å². The molecule has 0 saturated carbocycles. The zero-order valence-corrected chi connectivity index (χ0v) is 13.9. The highest BCUT2D eigenvalue weighted by atomic mass is 16.1. The number of rotatable bonds is 6. The lowest BCUT2D eigenvalue weighted by molar-refractivity contribution is -0.124. The molecule has 4 nitrogen and oxygen atoms in total. The number of primary amides is 1. The molecular formula is C16H33N3O. The van der Waals surface area contributed by atoms with Crippen molar-refractivity contribution in [2.24, 2.45) is 11.7 Å². The van der Waals surface area contributed by atoms with E-state index in [-0.39, 0.29) is 11.9 Å². The van der Waals surface area contributed by atoms with Crippen LogP contribution in [0.4, 0.5) is 0 Å². The Bertz CT molecular complexity index is 319. The number of hydrogen-bond donors (Lipinski definition) is 2. The van der Waals surface area contributed by atoms with Crippen molar-refractivity contribution in [2.75, 3.05) is 13.1 Å². The minimum absolute atomic E-state index is 0.249. The zero-order chi connectivity index (χ0) is 15.3. The van der Waals surface area contributed by atoms with Gasteiger partial charge in [0, 0.05) is 12.1 Å². The van der Waals surface area contributed by atoms with E-state index in [0.717, 1.165) is 25.4 Å². The Morgan fingerprint density at radius 1 is 1.35 bits per heavy atom. The zero-order valence-electron chi connectivity index (χ0n) is 13.9. The maximum Gasteiger partial charge on any atom is 0.237 e. The highest BCUT2D eigenvalue weighted by Crippen LogP contribution is 2.22. The lowest BCUT2D eigenvalue weighted by atomic mass is 9.91. The number of nitrogens with one attached hydrogen (secondary N) is 1. The van der Waals surface area contributed by atoms with Crippen molar-refractivity contribution in [1.82, 2.24) is 10.2 Å². The summed E-state index contributed by atoms with van der Waals surface area (Å²) in [6.07, 6.45) is 4.61. The highest BCUT2D eigenvalue weighted by molar-refractivity contribution is 5.84. The van der Waals surface area contributed by atoms with Crippen LogP contribution in [0.1, 0.15) is 60.3 Å². The van der Waals surface area contributed by atoms with Gasteiger partial charge in [-0.05, 0) is 72.4 Å². The van der Waals surface area contributed by atoms with Crippen LogP contribution >= 0.6 is 0 Å². The molecule has 0 aromatic rings. The molecule has 3 N–H and O–H groups in total. The quantitative estimate of drug-likeness (QED) is 0.785. The fourth-order valence-electron chi connectivity index (χ4n) is 3.31. The summed E-state index contributed by atoms with van der Waals surface area (Å²) in [6.45, 7) is 12.9. The summed E-state index contributed by atoms with van der Waals surface area (Å²) < 4.78 is 0. The smallest absolute Gasteiger partial charge is 0.237 e. The molecular weight excluding hydrogens is 250 g/mol. The Kier molecular flexibility index (Phi) is 6.46. The summed E-state index contributed by atoms with van der Waals surface area (Å²) in [7, 11) is 0. The van der Waals surface area contributed by atoms with Gasteiger partial charge in [0.05, 0.1) is 5.54 Å². The standard InChI is InChI=1S/C16H33N3O/c1-12(2)18-16(5,15(17)20)11-14(4)19-9-6-7-13(3)8-10-19/h12-14,18H,6-11H2,1-5H3,(H2,17,20). The third-order valence-electron chi connectivity index (χ3n) is 4.53. The van der Waals surface area contributed by atoms with Crippen molar-refractivity contribution in [1.29, 1.82) is 0 Å². The first kappa shape index (κ1) is 17.4. The van der Waals surface area contributed by atoms with Gasteiger partial charge in [-0.15, -0.1) is 0 Å². The van der Waals surface area contributed by atoms with Crippen LogP contribution < -0.4 is 11.1 Å². The van der Waals surface area contributed by atoms with Gasteiger partial charge in [0.1, 0.15) is 0 Å². The van der Waals surface area contributed by atoms with Crippen LogP contribution in [0, 0.1) is 5.92 Å². The molecule has 1 amide bonds. The van der Waals surface area contributed by atoms with Crippen molar-refractivity contribution in [3.63, 3.8) is 0 Å². The lowest BCUT2D eigenvalue weighted by Gasteiger charge is -2.36. The predicted octanol–water partition coefficient (Wildman–Crippen LogP) is 2.13. The number of carbonyl (C=O) groups excluding carboxylic acids is 1. The number of likely N-dealkylation sites (tertiary alicyclic amines) is 1. The topological polar surface area (TPSA) is 58.4 Å². The van der Waals surface area contributed by atoms with Gasteiger partial charge < -0.3 is 16.0 Å². The Morgan fingerprint density at radius 3 is 2.55 bits per heavy atom. The molecule has 4 heteroatoms. The molecule has 0 aromatic carbocycles. The van der Waals surface area contributed by atoms with Crippen LogP contribution in [-0.2, 0) is 4.79 Å². The average molecular weight is 283 g/mol. The van der Waals surface area contributed by atoms with Crippen molar-refractivity contribution in [2.45, 2.75) is 77.9 Å². The van der Waals surface area contributed by atoms with Crippen LogP contribution in [0.3, 0.4) is 0 Å². The number of amides is 1. The van der Waals surface area contributed by atoms with Gasteiger partial charge in [-0.2, -0.15) is 0 Å². The molecule has 0 radical (unpaired) electrons. The van der Waals surface area contributed by atoms with E-state index in [0.29, 0.717) is 6.04 Å². The maximum atomic E-state index is 11.8. The Labute approximate surface area is 124 Å². The van der Waals surface area contributed by atoms with Crippen molar-refractivity contribution in [3.8, 4) is 0 Å². The summed E-state index contributed by atoms with van der Waals surface area (Å²) in [4.78, 5) is 14.4. The molecule has 1 saturated heterocycles. The van der Waals surface area contributed by atoms with E-state index >= 15 is 0 Å². The van der Waals surface area contributed by atoms with Gasteiger partial charge >= 0.3 is 0 Å². The number of hydrogen-bond acceptors (Lipinski definition) is 3.